The number of amides is 3. The number of hydrogen-bond acceptors (Lipinski definition) is 6. The van der Waals surface area contributed by atoms with E-state index in [9.17, 15) is 19.6 Å². The minimum atomic E-state index is -0.938. The second-order valence-electron chi connectivity index (χ2n) is 8.29. The first kappa shape index (κ1) is 24.0. The number of carbonyl (C=O) groups is 3. The fraction of sp³-hybridized carbons (Fsp3) is 0.545. The standard InChI is InChI=1S/C22H30N4O5/c1-22(2,3)31-20(28)24-12-11-18(19(27)26-13-7-10-17(26)14-23)25-21(29)30-15-16-8-5-4-6-9-16/h4-6,8-9,17-18H,7,10-13,15H2,1-3H3,(H,24,28)(H,25,29)/t17-,18-/m0/s1. The third-order valence-electron chi connectivity index (χ3n) is 4.59. The molecule has 1 saturated heterocycles. The molecule has 0 unspecified atom stereocenters. The molecule has 0 bridgehead atoms. The fourth-order valence-electron chi connectivity index (χ4n) is 3.16. The Labute approximate surface area is 182 Å². The van der Waals surface area contributed by atoms with Gasteiger partial charge in [0.05, 0.1) is 6.07 Å². The SMILES string of the molecule is CC(C)(C)OC(=O)NCC[C@H](NC(=O)OCc1ccccc1)C(=O)N1CCC[C@H]1C#N. The molecule has 2 N–H and O–H groups in total. The maximum absolute atomic E-state index is 13.0. The Balaban J connectivity index is 1.96. The van der Waals surface area contributed by atoms with Crippen molar-refractivity contribution in [1.29, 1.82) is 5.26 Å². The van der Waals surface area contributed by atoms with Crippen LogP contribution in [0.25, 0.3) is 0 Å². The summed E-state index contributed by atoms with van der Waals surface area (Å²) in [5, 5.41) is 14.4. The second-order valence-corrected chi connectivity index (χ2v) is 8.29. The van der Waals surface area contributed by atoms with Crippen molar-refractivity contribution in [2.45, 2.75) is 64.3 Å². The molecule has 9 nitrogen and oxygen atoms in total. The Morgan fingerprint density at radius 3 is 2.58 bits per heavy atom. The molecule has 1 fully saturated rings. The van der Waals surface area contributed by atoms with Crippen LogP contribution in [0.15, 0.2) is 30.3 Å². The normalized spacial score (nSPS) is 16.7. The summed E-state index contributed by atoms with van der Waals surface area (Å²) in [5.74, 6) is -0.369. The molecule has 0 spiro atoms. The predicted molar refractivity (Wildman–Crippen MR) is 113 cm³/mol. The van der Waals surface area contributed by atoms with Gasteiger partial charge in [0.2, 0.25) is 5.91 Å². The molecule has 1 aromatic rings. The number of rotatable bonds is 7. The van der Waals surface area contributed by atoms with E-state index in [1.165, 1.54) is 4.90 Å². The van der Waals surface area contributed by atoms with Crippen LogP contribution in [0.2, 0.25) is 0 Å². The van der Waals surface area contributed by atoms with Gasteiger partial charge in [0.15, 0.2) is 0 Å². The first-order valence-corrected chi connectivity index (χ1v) is 10.3. The van der Waals surface area contributed by atoms with Gasteiger partial charge < -0.3 is 25.0 Å². The first-order chi connectivity index (χ1) is 14.7. The maximum atomic E-state index is 13.0. The minimum Gasteiger partial charge on any atom is -0.445 e. The van der Waals surface area contributed by atoms with E-state index in [0.717, 1.165) is 12.0 Å². The predicted octanol–water partition coefficient (Wildman–Crippen LogP) is 2.71. The zero-order chi connectivity index (χ0) is 22.9. The Morgan fingerprint density at radius 1 is 1.23 bits per heavy atom. The van der Waals surface area contributed by atoms with Crippen LogP contribution in [0.3, 0.4) is 0 Å². The van der Waals surface area contributed by atoms with E-state index in [1.54, 1.807) is 20.8 Å². The number of hydrogen-bond donors (Lipinski definition) is 2. The summed E-state index contributed by atoms with van der Waals surface area (Å²) in [6, 6.07) is 9.84. The molecule has 2 rings (SSSR count). The van der Waals surface area contributed by atoms with Gasteiger partial charge in [-0.3, -0.25) is 4.79 Å². The topological polar surface area (TPSA) is 121 Å². The Hall–Kier alpha value is -3.28. The number of nitrogens with zero attached hydrogens (tertiary/aromatic N) is 2. The van der Waals surface area contributed by atoms with Gasteiger partial charge in [0, 0.05) is 13.1 Å². The first-order valence-electron chi connectivity index (χ1n) is 10.3. The van der Waals surface area contributed by atoms with Gasteiger partial charge in [-0.2, -0.15) is 5.26 Å². The average molecular weight is 431 g/mol. The van der Waals surface area contributed by atoms with Crippen molar-refractivity contribution in [3.05, 3.63) is 35.9 Å². The van der Waals surface area contributed by atoms with Crippen molar-refractivity contribution in [3.63, 3.8) is 0 Å². The summed E-state index contributed by atoms with van der Waals surface area (Å²) < 4.78 is 10.4. The van der Waals surface area contributed by atoms with E-state index in [-0.39, 0.29) is 25.5 Å². The quantitative estimate of drug-likeness (QED) is 0.686. The monoisotopic (exact) mass is 430 g/mol. The van der Waals surface area contributed by atoms with Crippen molar-refractivity contribution in [1.82, 2.24) is 15.5 Å². The lowest BCUT2D eigenvalue weighted by atomic mass is 10.1. The van der Waals surface area contributed by atoms with Gasteiger partial charge in [-0.05, 0) is 45.6 Å². The molecule has 0 aromatic heterocycles. The number of likely N-dealkylation sites (tertiary alicyclic amines) is 1. The lowest BCUT2D eigenvalue weighted by Crippen LogP contribution is -2.51. The largest absolute Gasteiger partial charge is 0.445 e. The van der Waals surface area contributed by atoms with Gasteiger partial charge in [-0.1, -0.05) is 30.3 Å². The van der Waals surface area contributed by atoms with Crippen LogP contribution in [-0.2, 0) is 20.9 Å². The summed E-state index contributed by atoms with van der Waals surface area (Å²) in [7, 11) is 0. The van der Waals surface area contributed by atoms with Crippen LogP contribution >= 0.6 is 0 Å². The second kappa shape index (κ2) is 11.2. The Kier molecular flexibility index (Phi) is 8.67. The van der Waals surface area contributed by atoms with Crippen molar-refractivity contribution in [3.8, 4) is 6.07 Å². The summed E-state index contributed by atoms with van der Waals surface area (Å²) in [5.41, 5.74) is 0.171. The molecule has 1 aliphatic heterocycles. The minimum absolute atomic E-state index is 0.0638. The van der Waals surface area contributed by atoms with Gasteiger partial charge >= 0.3 is 12.2 Å². The average Bonchev–Trinajstić information content (AvgIpc) is 3.19. The van der Waals surface area contributed by atoms with E-state index in [4.69, 9.17) is 9.47 Å². The third-order valence-corrected chi connectivity index (χ3v) is 4.59. The molecule has 168 valence electrons. The highest BCUT2D eigenvalue weighted by molar-refractivity contribution is 5.86. The molecule has 0 aliphatic carbocycles. The van der Waals surface area contributed by atoms with E-state index in [2.05, 4.69) is 16.7 Å². The van der Waals surface area contributed by atoms with Gasteiger partial charge in [0.1, 0.15) is 24.3 Å². The van der Waals surface area contributed by atoms with Gasteiger partial charge in [-0.25, -0.2) is 9.59 Å². The van der Waals surface area contributed by atoms with Crippen LogP contribution in [0.4, 0.5) is 9.59 Å². The summed E-state index contributed by atoms with van der Waals surface area (Å²) in [6.45, 7) is 5.87. The summed E-state index contributed by atoms with van der Waals surface area (Å²) >= 11 is 0. The van der Waals surface area contributed by atoms with Crippen molar-refractivity contribution < 1.29 is 23.9 Å². The zero-order valence-electron chi connectivity index (χ0n) is 18.2. The summed E-state index contributed by atoms with van der Waals surface area (Å²) in [4.78, 5) is 38.6. The van der Waals surface area contributed by atoms with E-state index < -0.39 is 29.9 Å². The molecule has 0 saturated carbocycles. The van der Waals surface area contributed by atoms with Crippen LogP contribution < -0.4 is 10.6 Å². The molecule has 31 heavy (non-hydrogen) atoms. The van der Waals surface area contributed by atoms with Crippen molar-refractivity contribution in [2.24, 2.45) is 0 Å². The highest BCUT2D eigenvalue weighted by atomic mass is 16.6. The van der Waals surface area contributed by atoms with Crippen LogP contribution in [-0.4, -0.2) is 53.8 Å². The van der Waals surface area contributed by atoms with Gasteiger partial charge in [0.25, 0.3) is 0 Å². The van der Waals surface area contributed by atoms with Crippen LogP contribution in [0.1, 0.15) is 45.6 Å². The van der Waals surface area contributed by atoms with E-state index >= 15 is 0 Å². The molecule has 0 radical (unpaired) electrons. The molecule has 2 atom stereocenters. The molecule has 1 aliphatic rings. The highest BCUT2D eigenvalue weighted by Gasteiger charge is 2.34. The highest BCUT2D eigenvalue weighted by Crippen LogP contribution is 2.18. The van der Waals surface area contributed by atoms with E-state index in [1.807, 2.05) is 30.3 Å². The number of alkyl carbamates (subject to hydrolysis) is 2. The zero-order valence-corrected chi connectivity index (χ0v) is 18.2. The van der Waals surface area contributed by atoms with Crippen LogP contribution in [0, 0.1) is 11.3 Å². The number of ether oxygens (including phenoxy) is 2. The molecule has 9 heteroatoms. The number of nitriles is 1. The Bertz CT molecular complexity index is 800. The number of nitrogens with one attached hydrogen (secondary N) is 2. The van der Waals surface area contributed by atoms with Crippen molar-refractivity contribution in [2.75, 3.05) is 13.1 Å². The lowest BCUT2D eigenvalue weighted by Gasteiger charge is -2.26. The Morgan fingerprint density at radius 2 is 1.94 bits per heavy atom. The lowest BCUT2D eigenvalue weighted by molar-refractivity contribution is -0.133. The molecule has 1 heterocycles. The fourth-order valence-corrected chi connectivity index (χ4v) is 3.16. The summed E-state index contributed by atoms with van der Waals surface area (Å²) in [6.07, 6.45) is 0.107. The number of benzene rings is 1. The molecule has 1 aromatic carbocycles. The smallest absolute Gasteiger partial charge is 0.408 e. The van der Waals surface area contributed by atoms with Crippen molar-refractivity contribution >= 4 is 18.1 Å². The molecule has 3 amide bonds. The third kappa shape index (κ3) is 8.16. The van der Waals surface area contributed by atoms with Gasteiger partial charge in [-0.15, -0.1) is 0 Å². The molecular weight excluding hydrogens is 400 g/mol. The maximum Gasteiger partial charge on any atom is 0.408 e. The molecular formula is C22H30N4O5. The number of carbonyl (C=O) groups excluding carboxylic acids is 3. The van der Waals surface area contributed by atoms with Crippen LogP contribution in [0.5, 0.6) is 0 Å². The van der Waals surface area contributed by atoms with E-state index in [0.29, 0.717) is 13.0 Å².